The van der Waals surface area contributed by atoms with Crippen LogP contribution in [-0.2, 0) is 6.54 Å². The zero-order valence-electron chi connectivity index (χ0n) is 10.5. The van der Waals surface area contributed by atoms with Gasteiger partial charge in [-0.25, -0.2) is 0 Å². The van der Waals surface area contributed by atoms with Gasteiger partial charge in [-0.3, -0.25) is 4.90 Å². The highest BCUT2D eigenvalue weighted by Gasteiger charge is 2.18. The van der Waals surface area contributed by atoms with E-state index >= 15 is 0 Å². The van der Waals surface area contributed by atoms with Gasteiger partial charge in [-0.15, -0.1) is 0 Å². The first kappa shape index (κ1) is 13.1. The van der Waals surface area contributed by atoms with Crippen molar-refractivity contribution in [2.24, 2.45) is 11.7 Å². The van der Waals surface area contributed by atoms with E-state index in [2.05, 4.69) is 46.0 Å². The Bertz CT molecular complexity index is 378. The zero-order chi connectivity index (χ0) is 12.3. The Labute approximate surface area is 112 Å². The average Bonchev–Trinajstić information content (AvgIpc) is 2.34. The number of nitrogens with two attached hydrogens (primary N) is 1. The summed E-state index contributed by atoms with van der Waals surface area (Å²) in [5, 5.41) is 0. The molecule has 0 saturated carbocycles. The second-order valence-electron chi connectivity index (χ2n) is 5.06. The number of halogens is 1. The lowest BCUT2D eigenvalue weighted by Gasteiger charge is -2.32. The third-order valence-corrected chi connectivity index (χ3v) is 4.43. The highest BCUT2D eigenvalue weighted by molar-refractivity contribution is 9.10. The van der Waals surface area contributed by atoms with Crippen LogP contribution in [0.4, 0.5) is 0 Å². The molecule has 0 spiro atoms. The van der Waals surface area contributed by atoms with Crippen molar-refractivity contribution >= 4 is 15.9 Å². The molecule has 0 bridgehead atoms. The third kappa shape index (κ3) is 3.54. The predicted octanol–water partition coefficient (Wildman–Crippen LogP) is 2.93. The molecule has 2 rings (SSSR count). The number of likely N-dealkylation sites (tertiary alicyclic amines) is 1. The minimum absolute atomic E-state index is 0.692. The molecule has 1 aromatic carbocycles. The number of nitrogens with zero attached hydrogens (tertiary/aromatic N) is 1. The van der Waals surface area contributed by atoms with Crippen LogP contribution in [-0.4, -0.2) is 24.5 Å². The van der Waals surface area contributed by atoms with E-state index in [9.17, 15) is 0 Å². The number of piperidine rings is 1. The van der Waals surface area contributed by atoms with Gasteiger partial charge in [0.1, 0.15) is 0 Å². The van der Waals surface area contributed by atoms with Gasteiger partial charge in [0, 0.05) is 17.6 Å². The molecule has 1 unspecified atom stereocenters. The third-order valence-electron chi connectivity index (χ3n) is 3.58. The van der Waals surface area contributed by atoms with Crippen LogP contribution in [0.15, 0.2) is 22.7 Å². The molecule has 1 aromatic rings. The fourth-order valence-electron chi connectivity index (χ4n) is 2.48. The Hall–Kier alpha value is -0.380. The van der Waals surface area contributed by atoms with Gasteiger partial charge in [-0.2, -0.15) is 0 Å². The average molecular weight is 297 g/mol. The number of benzene rings is 1. The molecule has 1 aliphatic heterocycles. The van der Waals surface area contributed by atoms with Crippen LogP contribution in [0.2, 0.25) is 0 Å². The van der Waals surface area contributed by atoms with E-state index in [1.807, 2.05) is 0 Å². The molecule has 94 valence electrons. The molecule has 1 heterocycles. The van der Waals surface area contributed by atoms with Gasteiger partial charge in [-0.1, -0.05) is 28.1 Å². The van der Waals surface area contributed by atoms with E-state index in [1.54, 1.807) is 0 Å². The topological polar surface area (TPSA) is 29.3 Å². The maximum absolute atomic E-state index is 5.77. The first-order valence-electron chi connectivity index (χ1n) is 6.36. The molecule has 1 fully saturated rings. The molecule has 1 atom stereocenters. The van der Waals surface area contributed by atoms with Gasteiger partial charge in [0.25, 0.3) is 0 Å². The molecule has 1 aliphatic rings. The summed E-state index contributed by atoms with van der Waals surface area (Å²) >= 11 is 3.60. The van der Waals surface area contributed by atoms with E-state index in [0.717, 1.165) is 19.6 Å². The maximum atomic E-state index is 5.77. The fraction of sp³-hybridized carbons (Fsp3) is 0.571. The minimum Gasteiger partial charge on any atom is -0.330 e. The smallest absolute Gasteiger partial charge is 0.0234 e. The lowest BCUT2D eigenvalue weighted by Crippen LogP contribution is -2.37. The predicted molar refractivity (Wildman–Crippen MR) is 75.9 cm³/mol. The summed E-state index contributed by atoms with van der Waals surface area (Å²) < 4.78 is 1.21. The summed E-state index contributed by atoms with van der Waals surface area (Å²) in [4.78, 5) is 2.53. The maximum Gasteiger partial charge on any atom is 0.0234 e. The van der Waals surface area contributed by atoms with Crippen molar-refractivity contribution in [2.75, 3.05) is 19.6 Å². The molecule has 0 amide bonds. The van der Waals surface area contributed by atoms with E-state index < -0.39 is 0 Å². The van der Waals surface area contributed by atoms with E-state index in [-0.39, 0.29) is 0 Å². The van der Waals surface area contributed by atoms with Crippen molar-refractivity contribution < 1.29 is 0 Å². The van der Waals surface area contributed by atoms with Gasteiger partial charge in [0.15, 0.2) is 0 Å². The van der Waals surface area contributed by atoms with Crippen LogP contribution in [0.25, 0.3) is 0 Å². The summed E-state index contributed by atoms with van der Waals surface area (Å²) in [6, 6.07) is 6.65. The SMILES string of the molecule is Cc1ccc(CN2CCCC(CN)C2)cc1Br. The lowest BCUT2D eigenvalue weighted by molar-refractivity contribution is 0.171. The second kappa shape index (κ2) is 5.98. The Balaban J connectivity index is 1.97. The molecule has 0 aliphatic carbocycles. The van der Waals surface area contributed by atoms with Crippen molar-refractivity contribution in [3.05, 3.63) is 33.8 Å². The van der Waals surface area contributed by atoms with E-state index in [4.69, 9.17) is 5.73 Å². The Morgan fingerprint density at radius 3 is 3.00 bits per heavy atom. The summed E-state index contributed by atoms with van der Waals surface area (Å²) in [5.41, 5.74) is 8.46. The summed E-state index contributed by atoms with van der Waals surface area (Å²) in [6.07, 6.45) is 2.58. The summed E-state index contributed by atoms with van der Waals surface area (Å²) in [6.45, 7) is 6.37. The highest BCUT2D eigenvalue weighted by Crippen LogP contribution is 2.21. The van der Waals surface area contributed by atoms with Crippen LogP contribution in [0.3, 0.4) is 0 Å². The van der Waals surface area contributed by atoms with Crippen LogP contribution < -0.4 is 5.73 Å². The summed E-state index contributed by atoms with van der Waals surface area (Å²) in [7, 11) is 0. The second-order valence-corrected chi connectivity index (χ2v) is 5.92. The molecule has 17 heavy (non-hydrogen) atoms. The van der Waals surface area contributed by atoms with Crippen molar-refractivity contribution in [3.8, 4) is 0 Å². The van der Waals surface area contributed by atoms with Gasteiger partial charge in [0.05, 0.1) is 0 Å². The standard InChI is InChI=1S/C14H21BrN2/c1-11-4-5-12(7-14(11)15)9-17-6-2-3-13(8-16)10-17/h4-5,7,13H,2-3,6,8-10,16H2,1H3. The number of hydrogen-bond donors (Lipinski definition) is 1. The van der Waals surface area contributed by atoms with Crippen LogP contribution >= 0.6 is 15.9 Å². The van der Waals surface area contributed by atoms with Crippen LogP contribution in [0.5, 0.6) is 0 Å². The van der Waals surface area contributed by atoms with Crippen LogP contribution in [0.1, 0.15) is 24.0 Å². The molecule has 2 nitrogen and oxygen atoms in total. The minimum atomic E-state index is 0.692. The van der Waals surface area contributed by atoms with Crippen LogP contribution in [0, 0.1) is 12.8 Å². The molecule has 0 aromatic heterocycles. The first-order valence-corrected chi connectivity index (χ1v) is 7.16. The molecule has 1 saturated heterocycles. The number of aryl methyl sites for hydroxylation is 1. The van der Waals surface area contributed by atoms with Crippen molar-refractivity contribution in [2.45, 2.75) is 26.3 Å². The highest BCUT2D eigenvalue weighted by atomic mass is 79.9. The van der Waals surface area contributed by atoms with E-state index in [1.165, 1.54) is 35.0 Å². The first-order chi connectivity index (χ1) is 8.19. The lowest BCUT2D eigenvalue weighted by atomic mass is 9.98. The van der Waals surface area contributed by atoms with Gasteiger partial charge >= 0.3 is 0 Å². The molecular weight excluding hydrogens is 276 g/mol. The molecular formula is C14H21BrN2. The van der Waals surface area contributed by atoms with E-state index in [0.29, 0.717) is 5.92 Å². The van der Waals surface area contributed by atoms with Gasteiger partial charge in [-0.05, 0) is 56.0 Å². The molecule has 2 N–H and O–H groups in total. The number of hydrogen-bond acceptors (Lipinski definition) is 2. The van der Waals surface area contributed by atoms with Gasteiger partial charge < -0.3 is 5.73 Å². The van der Waals surface area contributed by atoms with Crippen molar-refractivity contribution in [3.63, 3.8) is 0 Å². The summed E-state index contributed by atoms with van der Waals surface area (Å²) in [5.74, 6) is 0.692. The normalized spacial score (nSPS) is 21.7. The molecule has 0 radical (unpaired) electrons. The molecule has 3 heteroatoms. The number of rotatable bonds is 3. The van der Waals surface area contributed by atoms with Gasteiger partial charge in [0.2, 0.25) is 0 Å². The Morgan fingerprint density at radius 1 is 1.47 bits per heavy atom. The Morgan fingerprint density at radius 2 is 2.29 bits per heavy atom. The van der Waals surface area contributed by atoms with Crippen molar-refractivity contribution in [1.29, 1.82) is 0 Å². The largest absolute Gasteiger partial charge is 0.330 e. The Kier molecular flexibility index (Phi) is 4.60. The monoisotopic (exact) mass is 296 g/mol. The zero-order valence-corrected chi connectivity index (χ0v) is 12.0. The quantitative estimate of drug-likeness (QED) is 0.929. The fourth-order valence-corrected chi connectivity index (χ4v) is 2.91. The van der Waals surface area contributed by atoms with Crippen molar-refractivity contribution in [1.82, 2.24) is 4.90 Å².